The number of ether oxygens (including phenoxy) is 4. The molecular weight excluding hydrogens is 1150 g/mol. The highest BCUT2D eigenvalue weighted by Crippen LogP contribution is 2.15. The average Bonchev–Trinajstić information content (AvgIpc) is 3.38. The number of hydrogen-bond acceptors (Lipinski definition) is 7. The Labute approximate surface area is 569 Å². The molecule has 9 nitrogen and oxygen atoms in total. The molecule has 0 rings (SSSR count). The number of allylic oxidation sites excluding steroid dienone is 34. The SMILES string of the molecule is CC/C=C\C/C=C\C/C=C\C/C=C\C/C=C\C/C=C\C/C=C\C/C=C\C/C=C\C/C=C\CCCCCCCCCCCCC(=O)OC(COC(=O)CCCCCCC/C=C\C/C=C\C/C=C\C/C=C\C/C=C\C/C=C\C/C=C\CC)COC(OCC[N+](C)(C)C)C(=O)O. The van der Waals surface area contributed by atoms with Gasteiger partial charge in [0.15, 0.2) is 6.10 Å². The Bertz CT molecular complexity index is 2280. The fraction of sp³-hybridized carbons (Fsp3) is 0.560. The van der Waals surface area contributed by atoms with Gasteiger partial charge in [-0.2, -0.15) is 0 Å². The van der Waals surface area contributed by atoms with Gasteiger partial charge >= 0.3 is 17.9 Å². The molecule has 0 aliphatic heterocycles. The molecule has 0 aliphatic rings. The lowest BCUT2D eigenvalue weighted by Crippen LogP contribution is -2.40. The van der Waals surface area contributed by atoms with E-state index in [0.29, 0.717) is 23.9 Å². The molecule has 0 bridgehead atoms. The molecule has 2 atom stereocenters. The van der Waals surface area contributed by atoms with Crippen molar-refractivity contribution in [1.82, 2.24) is 0 Å². The van der Waals surface area contributed by atoms with Crippen LogP contribution in [0.2, 0.25) is 0 Å². The molecule has 93 heavy (non-hydrogen) atoms. The van der Waals surface area contributed by atoms with Crippen LogP contribution in [-0.4, -0.2) is 87.4 Å². The van der Waals surface area contributed by atoms with Crippen LogP contribution in [0.25, 0.3) is 0 Å². The van der Waals surface area contributed by atoms with Crippen molar-refractivity contribution in [2.75, 3.05) is 47.5 Å². The van der Waals surface area contributed by atoms with Crippen molar-refractivity contribution in [2.45, 2.75) is 257 Å². The summed E-state index contributed by atoms with van der Waals surface area (Å²) in [6.07, 6.45) is 109. The van der Waals surface area contributed by atoms with Gasteiger partial charge in [-0.25, -0.2) is 4.79 Å². The molecule has 0 aromatic carbocycles. The zero-order valence-corrected chi connectivity index (χ0v) is 59.3. The zero-order valence-electron chi connectivity index (χ0n) is 59.3. The minimum atomic E-state index is -1.53. The summed E-state index contributed by atoms with van der Waals surface area (Å²) >= 11 is 0. The van der Waals surface area contributed by atoms with Gasteiger partial charge in [0, 0.05) is 12.8 Å². The summed E-state index contributed by atoms with van der Waals surface area (Å²) in [6.45, 7) is 4.60. The van der Waals surface area contributed by atoms with Gasteiger partial charge in [-0.3, -0.25) is 9.59 Å². The van der Waals surface area contributed by atoms with Gasteiger partial charge in [0.05, 0.1) is 34.4 Å². The van der Waals surface area contributed by atoms with Crippen molar-refractivity contribution in [3.8, 4) is 0 Å². The Morgan fingerprint density at radius 1 is 0.323 bits per heavy atom. The first kappa shape index (κ1) is 86.9. The van der Waals surface area contributed by atoms with Crippen LogP contribution in [0.5, 0.6) is 0 Å². The summed E-state index contributed by atoms with van der Waals surface area (Å²) in [4.78, 5) is 37.7. The Morgan fingerprint density at radius 2 is 0.581 bits per heavy atom. The monoisotopic (exact) mass is 1280 g/mol. The molecule has 520 valence electrons. The maximum atomic E-state index is 13.0. The van der Waals surface area contributed by atoms with Gasteiger partial charge in [-0.15, -0.1) is 0 Å². The Hall–Kier alpha value is -6.13. The van der Waals surface area contributed by atoms with Crippen molar-refractivity contribution < 1.29 is 42.9 Å². The summed E-state index contributed by atoms with van der Waals surface area (Å²) in [7, 11) is 5.95. The molecule has 0 heterocycles. The Balaban J connectivity index is 4.22. The van der Waals surface area contributed by atoms with Gasteiger partial charge in [0.25, 0.3) is 6.29 Å². The number of nitrogens with zero attached hydrogens (tertiary/aromatic N) is 1. The maximum Gasteiger partial charge on any atom is 0.361 e. The van der Waals surface area contributed by atoms with Crippen molar-refractivity contribution in [3.05, 3.63) is 207 Å². The molecule has 0 aliphatic carbocycles. The van der Waals surface area contributed by atoms with Crippen molar-refractivity contribution in [3.63, 3.8) is 0 Å². The summed E-state index contributed by atoms with van der Waals surface area (Å²) < 4.78 is 22.9. The van der Waals surface area contributed by atoms with Gasteiger partial charge in [-0.05, 0) is 148 Å². The van der Waals surface area contributed by atoms with Crippen LogP contribution in [0.1, 0.15) is 245 Å². The van der Waals surface area contributed by atoms with Crippen LogP contribution < -0.4 is 0 Å². The first-order chi connectivity index (χ1) is 45.6. The van der Waals surface area contributed by atoms with Gasteiger partial charge in [-0.1, -0.05) is 291 Å². The normalized spacial score (nSPS) is 13.9. The minimum Gasteiger partial charge on any atom is -0.477 e. The molecule has 0 saturated heterocycles. The van der Waals surface area contributed by atoms with E-state index < -0.39 is 24.3 Å². The second-order valence-corrected chi connectivity index (χ2v) is 24.4. The molecule has 2 unspecified atom stereocenters. The minimum absolute atomic E-state index is 0.172. The quantitative estimate of drug-likeness (QED) is 0.0211. The topological polar surface area (TPSA) is 108 Å². The van der Waals surface area contributed by atoms with Crippen LogP contribution in [0.15, 0.2) is 207 Å². The molecular formula is C84H132NO8+. The number of quaternary nitrogens is 1. The lowest BCUT2D eigenvalue weighted by molar-refractivity contribution is -0.870. The van der Waals surface area contributed by atoms with E-state index in [0.717, 1.165) is 167 Å². The van der Waals surface area contributed by atoms with E-state index in [9.17, 15) is 19.5 Å². The summed E-state index contributed by atoms with van der Waals surface area (Å²) in [6, 6.07) is 0. The zero-order chi connectivity index (χ0) is 67.5. The number of carboxylic acid groups (broad SMARTS) is 1. The summed E-state index contributed by atoms with van der Waals surface area (Å²) in [5, 5.41) is 9.75. The third-order valence-corrected chi connectivity index (χ3v) is 14.5. The fourth-order valence-corrected chi connectivity index (χ4v) is 9.08. The number of hydrogen-bond donors (Lipinski definition) is 1. The lowest BCUT2D eigenvalue weighted by Gasteiger charge is -2.25. The van der Waals surface area contributed by atoms with Crippen molar-refractivity contribution in [2.24, 2.45) is 0 Å². The standard InChI is InChI=1S/C84H131NO8/c1-6-8-10-12-14-16-18-20-22-24-26-28-30-32-34-35-36-37-38-39-40-41-42-43-44-45-46-47-49-51-53-55-57-59-61-63-65-67-69-71-73-75-82(87)93-80(79-92-84(83(88)89)90-77-76-85(3,4)5)78-91-81(86)74-72-70-68-66-64-62-60-58-56-54-52-50-48-33-31-29-27-25-23-21-19-17-15-13-11-9-7-2/h8-11,14-17,20-23,26-29,32-34,36-37,39-40,42-43,45-46,48-49,51-52,54,58,60,80,84H,6-7,12-13,18-19,24-25,30-31,35,38,41,44,47,50,53,55-57,59,61-79H2,1-5H3/p+1/b10-8-,11-9-,16-14-,17-15-,22-20-,23-21-,28-26-,29-27-,34-32-,37-36-,40-39-,43-42-,46-45-,48-33-,51-49-,54-52-,60-58-. The second-order valence-electron chi connectivity index (χ2n) is 24.4. The number of carbonyl (C=O) groups is 3. The Morgan fingerprint density at radius 3 is 0.860 bits per heavy atom. The first-order valence-electron chi connectivity index (χ1n) is 36.2. The molecule has 0 amide bonds. The third kappa shape index (κ3) is 73.1. The van der Waals surface area contributed by atoms with Crippen LogP contribution in [0.3, 0.4) is 0 Å². The van der Waals surface area contributed by atoms with E-state index in [1.165, 1.54) is 38.5 Å². The van der Waals surface area contributed by atoms with Crippen LogP contribution in [0, 0.1) is 0 Å². The maximum absolute atomic E-state index is 13.0. The molecule has 0 fully saturated rings. The van der Waals surface area contributed by atoms with Crippen LogP contribution in [-0.2, 0) is 33.3 Å². The molecule has 1 N–H and O–H groups in total. The predicted molar refractivity (Wildman–Crippen MR) is 400 cm³/mol. The predicted octanol–water partition coefficient (Wildman–Crippen LogP) is 23.1. The highest BCUT2D eigenvalue weighted by atomic mass is 16.7. The van der Waals surface area contributed by atoms with Crippen molar-refractivity contribution >= 4 is 17.9 Å². The number of likely N-dealkylation sites (N-methyl/N-ethyl adjacent to an activating group) is 1. The van der Waals surface area contributed by atoms with E-state index in [-0.39, 0.29) is 38.6 Å². The number of esters is 2. The van der Waals surface area contributed by atoms with Gasteiger partial charge in [0.1, 0.15) is 13.2 Å². The fourth-order valence-electron chi connectivity index (χ4n) is 9.08. The number of aliphatic carboxylic acids is 1. The number of rotatable bonds is 64. The molecule has 0 spiro atoms. The number of unbranched alkanes of at least 4 members (excludes halogenated alkanes) is 15. The molecule has 0 aromatic rings. The average molecular weight is 1280 g/mol. The van der Waals surface area contributed by atoms with E-state index in [1.807, 2.05) is 21.1 Å². The van der Waals surface area contributed by atoms with E-state index in [4.69, 9.17) is 18.9 Å². The summed E-state index contributed by atoms with van der Waals surface area (Å²) in [5.41, 5.74) is 0. The van der Waals surface area contributed by atoms with E-state index in [1.54, 1.807) is 0 Å². The number of carboxylic acids is 1. The van der Waals surface area contributed by atoms with Gasteiger partial charge in [0.2, 0.25) is 0 Å². The Kier molecular flexibility index (Phi) is 67.0. The van der Waals surface area contributed by atoms with Gasteiger partial charge < -0.3 is 28.5 Å². The van der Waals surface area contributed by atoms with E-state index >= 15 is 0 Å². The molecule has 0 saturated carbocycles. The highest BCUT2D eigenvalue weighted by molar-refractivity contribution is 5.71. The van der Waals surface area contributed by atoms with Crippen LogP contribution in [0.4, 0.5) is 0 Å². The van der Waals surface area contributed by atoms with Crippen molar-refractivity contribution in [1.29, 1.82) is 0 Å². The highest BCUT2D eigenvalue weighted by Gasteiger charge is 2.25. The summed E-state index contributed by atoms with van der Waals surface area (Å²) in [5.74, 6) is -2.06. The van der Waals surface area contributed by atoms with Crippen LogP contribution >= 0.6 is 0 Å². The molecule has 0 radical (unpaired) electrons. The molecule has 9 heteroatoms. The van der Waals surface area contributed by atoms with E-state index in [2.05, 4.69) is 220 Å². The lowest BCUT2D eigenvalue weighted by atomic mass is 10.0. The second kappa shape index (κ2) is 71.7. The molecule has 0 aromatic heterocycles. The third-order valence-electron chi connectivity index (χ3n) is 14.5. The number of carbonyl (C=O) groups excluding carboxylic acids is 2. The largest absolute Gasteiger partial charge is 0.477 e. The smallest absolute Gasteiger partial charge is 0.361 e. The first-order valence-corrected chi connectivity index (χ1v) is 36.2.